The van der Waals surface area contributed by atoms with Crippen LogP contribution in [-0.2, 0) is 9.53 Å². The molecule has 1 aromatic rings. The molecule has 0 spiro atoms. The van der Waals surface area contributed by atoms with Crippen molar-refractivity contribution in [1.82, 2.24) is 5.32 Å². The Kier molecular flexibility index (Phi) is 7.41. The molecule has 0 saturated carbocycles. The number of nitrogens with one attached hydrogen (secondary N) is 2. The lowest BCUT2D eigenvalue weighted by Crippen LogP contribution is -2.38. The van der Waals surface area contributed by atoms with Crippen LogP contribution in [0.1, 0.15) is 13.3 Å². The van der Waals surface area contributed by atoms with Gasteiger partial charge in [-0.2, -0.15) is 0 Å². The molecule has 0 bridgehead atoms. The molecule has 0 aliphatic rings. The fourth-order valence-corrected chi connectivity index (χ4v) is 2.73. The lowest BCUT2D eigenvalue weighted by Gasteiger charge is -2.17. The Morgan fingerprint density at radius 2 is 2.00 bits per heavy atom. The summed E-state index contributed by atoms with van der Waals surface area (Å²) in [6.07, 6.45) is 0.813. The standard InChI is InChI=1S/C13H18Br2N2O2/c1-9(13(18)16-7-4-8-19-2)17-12-10(14)5-3-6-11(12)15/h3,5-6,9,17H,4,7-8H2,1-2H3,(H,16,18). The molecule has 0 aliphatic heterocycles. The maximum absolute atomic E-state index is 11.9. The summed E-state index contributed by atoms with van der Waals surface area (Å²) in [6.45, 7) is 3.10. The molecule has 1 atom stereocenters. The molecule has 0 aromatic heterocycles. The van der Waals surface area contributed by atoms with E-state index in [0.29, 0.717) is 13.2 Å². The van der Waals surface area contributed by atoms with E-state index in [2.05, 4.69) is 42.5 Å². The molecule has 1 unspecified atom stereocenters. The molecule has 4 nitrogen and oxygen atoms in total. The molecule has 0 aliphatic carbocycles. The molecular weight excluding hydrogens is 376 g/mol. The summed E-state index contributed by atoms with van der Waals surface area (Å²) in [5, 5.41) is 6.05. The van der Waals surface area contributed by atoms with Gasteiger partial charge in [0.1, 0.15) is 6.04 Å². The fraction of sp³-hybridized carbons (Fsp3) is 0.462. The SMILES string of the molecule is COCCCNC(=O)C(C)Nc1c(Br)cccc1Br. The third-order valence-corrected chi connectivity index (χ3v) is 3.86. The smallest absolute Gasteiger partial charge is 0.242 e. The van der Waals surface area contributed by atoms with E-state index in [-0.39, 0.29) is 11.9 Å². The van der Waals surface area contributed by atoms with Gasteiger partial charge in [0.2, 0.25) is 5.91 Å². The summed E-state index contributed by atoms with van der Waals surface area (Å²) < 4.78 is 6.77. The molecule has 2 N–H and O–H groups in total. The molecule has 106 valence electrons. The van der Waals surface area contributed by atoms with Crippen molar-refractivity contribution in [3.05, 3.63) is 27.1 Å². The van der Waals surface area contributed by atoms with Gasteiger partial charge in [-0.25, -0.2) is 0 Å². The van der Waals surface area contributed by atoms with Crippen LogP contribution < -0.4 is 10.6 Å². The van der Waals surface area contributed by atoms with Crippen molar-refractivity contribution in [3.8, 4) is 0 Å². The van der Waals surface area contributed by atoms with E-state index >= 15 is 0 Å². The number of hydrogen-bond donors (Lipinski definition) is 2. The van der Waals surface area contributed by atoms with Crippen LogP contribution in [0.15, 0.2) is 27.1 Å². The fourth-order valence-electron chi connectivity index (χ4n) is 1.50. The van der Waals surface area contributed by atoms with Gasteiger partial charge in [0, 0.05) is 29.2 Å². The van der Waals surface area contributed by atoms with Crippen molar-refractivity contribution in [1.29, 1.82) is 0 Å². The van der Waals surface area contributed by atoms with Gasteiger partial charge >= 0.3 is 0 Å². The van der Waals surface area contributed by atoms with Crippen LogP contribution in [0.3, 0.4) is 0 Å². The number of anilines is 1. The third-order valence-electron chi connectivity index (χ3n) is 2.54. The Hall–Kier alpha value is -0.590. The molecule has 0 heterocycles. The molecule has 0 radical (unpaired) electrons. The number of amides is 1. The maximum Gasteiger partial charge on any atom is 0.242 e. The van der Waals surface area contributed by atoms with Crippen molar-refractivity contribution < 1.29 is 9.53 Å². The minimum Gasteiger partial charge on any atom is -0.385 e. The highest BCUT2D eigenvalue weighted by Crippen LogP contribution is 2.30. The molecular formula is C13H18Br2N2O2. The van der Waals surface area contributed by atoms with Crippen LogP contribution >= 0.6 is 31.9 Å². The molecule has 19 heavy (non-hydrogen) atoms. The van der Waals surface area contributed by atoms with Crippen molar-refractivity contribution in [2.75, 3.05) is 25.6 Å². The quantitative estimate of drug-likeness (QED) is 0.699. The van der Waals surface area contributed by atoms with E-state index in [4.69, 9.17) is 4.74 Å². The van der Waals surface area contributed by atoms with Gasteiger partial charge in [0.05, 0.1) is 5.69 Å². The number of ether oxygens (including phenoxy) is 1. The summed E-state index contributed by atoms with van der Waals surface area (Å²) in [6, 6.07) is 5.47. The van der Waals surface area contributed by atoms with Gasteiger partial charge in [0.25, 0.3) is 0 Å². The first-order chi connectivity index (χ1) is 9.06. The number of hydrogen-bond acceptors (Lipinski definition) is 3. The van der Waals surface area contributed by atoms with E-state index < -0.39 is 0 Å². The molecule has 1 aromatic carbocycles. The monoisotopic (exact) mass is 392 g/mol. The average molecular weight is 394 g/mol. The third kappa shape index (κ3) is 5.50. The van der Waals surface area contributed by atoms with Gasteiger partial charge < -0.3 is 15.4 Å². The molecule has 0 saturated heterocycles. The van der Waals surface area contributed by atoms with Crippen molar-refractivity contribution in [3.63, 3.8) is 0 Å². The normalized spacial score (nSPS) is 12.0. The summed E-state index contributed by atoms with van der Waals surface area (Å²) >= 11 is 6.91. The first-order valence-electron chi connectivity index (χ1n) is 6.03. The number of rotatable bonds is 7. The van der Waals surface area contributed by atoms with Gasteiger partial charge in [0.15, 0.2) is 0 Å². The Morgan fingerprint density at radius 3 is 2.58 bits per heavy atom. The van der Waals surface area contributed by atoms with E-state index in [1.54, 1.807) is 7.11 Å². The number of methoxy groups -OCH3 is 1. The summed E-state index contributed by atoms with van der Waals surface area (Å²) in [5.74, 6) is -0.0289. The van der Waals surface area contributed by atoms with Crippen LogP contribution in [-0.4, -0.2) is 32.2 Å². The Labute approximate surface area is 130 Å². The predicted octanol–water partition coefficient (Wildman–Crippen LogP) is 3.16. The largest absolute Gasteiger partial charge is 0.385 e. The lowest BCUT2D eigenvalue weighted by molar-refractivity contribution is -0.121. The van der Waals surface area contributed by atoms with Crippen LogP contribution in [0.2, 0.25) is 0 Å². The van der Waals surface area contributed by atoms with Gasteiger partial charge in [-0.1, -0.05) is 6.07 Å². The summed E-state index contributed by atoms with van der Waals surface area (Å²) in [5.41, 5.74) is 0.877. The van der Waals surface area contributed by atoms with Gasteiger partial charge in [-0.3, -0.25) is 4.79 Å². The zero-order valence-electron chi connectivity index (χ0n) is 11.0. The minimum atomic E-state index is -0.308. The van der Waals surface area contributed by atoms with Gasteiger partial charge in [-0.05, 0) is 57.3 Å². The van der Waals surface area contributed by atoms with Crippen molar-refractivity contribution in [2.24, 2.45) is 0 Å². The van der Waals surface area contributed by atoms with E-state index in [1.807, 2.05) is 25.1 Å². The van der Waals surface area contributed by atoms with Crippen LogP contribution in [0.25, 0.3) is 0 Å². The Bertz CT molecular complexity index is 407. The highest BCUT2D eigenvalue weighted by molar-refractivity contribution is 9.11. The number of para-hydroxylation sites is 1. The van der Waals surface area contributed by atoms with E-state index in [9.17, 15) is 4.79 Å². The first kappa shape index (κ1) is 16.5. The first-order valence-corrected chi connectivity index (χ1v) is 7.62. The van der Waals surface area contributed by atoms with Gasteiger partial charge in [-0.15, -0.1) is 0 Å². The van der Waals surface area contributed by atoms with Crippen LogP contribution in [0.5, 0.6) is 0 Å². The summed E-state index contributed by atoms with van der Waals surface area (Å²) in [7, 11) is 1.65. The predicted molar refractivity (Wildman–Crippen MR) is 84.4 cm³/mol. The van der Waals surface area contributed by atoms with Crippen LogP contribution in [0, 0.1) is 0 Å². The lowest BCUT2D eigenvalue weighted by atomic mass is 10.2. The zero-order chi connectivity index (χ0) is 14.3. The minimum absolute atomic E-state index is 0.0289. The van der Waals surface area contributed by atoms with Crippen LogP contribution in [0.4, 0.5) is 5.69 Å². The second-order valence-electron chi connectivity index (χ2n) is 4.10. The van der Waals surface area contributed by atoms with E-state index in [1.165, 1.54) is 0 Å². The number of benzene rings is 1. The highest BCUT2D eigenvalue weighted by Gasteiger charge is 2.14. The summed E-state index contributed by atoms with van der Waals surface area (Å²) in [4.78, 5) is 11.9. The molecule has 1 amide bonds. The number of halogens is 2. The zero-order valence-corrected chi connectivity index (χ0v) is 14.2. The topological polar surface area (TPSA) is 50.4 Å². The Morgan fingerprint density at radius 1 is 1.37 bits per heavy atom. The average Bonchev–Trinajstić information content (AvgIpc) is 2.38. The van der Waals surface area contributed by atoms with Crippen molar-refractivity contribution >= 4 is 43.5 Å². The van der Waals surface area contributed by atoms with E-state index in [0.717, 1.165) is 21.1 Å². The number of carbonyl (C=O) groups is 1. The molecule has 1 rings (SSSR count). The second-order valence-corrected chi connectivity index (χ2v) is 5.81. The number of carbonyl (C=O) groups excluding carboxylic acids is 1. The van der Waals surface area contributed by atoms with Crippen molar-refractivity contribution in [2.45, 2.75) is 19.4 Å². The maximum atomic E-state index is 11.9. The second kappa shape index (κ2) is 8.55. The molecule has 6 heteroatoms. The molecule has 0 fully saturated rings. The highest BCUT2D eigenvalue weighted by atomic mass is 79.9. The Balaban J connectivity index is 2.50.